The van der Waals surface area contributed by atoms with Gasteiger partial charge in [-0.3, -0.25) is 4.79 Å². The topological polar surface area (TPSA) is 119 Å². The molecule has 1 aromatic rings. The predicted octanol–water partition coefficient (Wildman–Crippen LogP) is 1.51. The fourth-order valence-corrected chi connectivity index (χ4v) is 4.02. The molecule has 0 amide bonds. The number of carboxylic acids is 2. The van der Waals surface area contributed by atoms with Crippen LogP contribution >= 0.6 is 0 Å². The summed E-state index contributed by atoms with van der Waals surface area (Å²) in [7, 11) is 1.31. The molecule has 142 valence electrons. The summed E-state index contributed by atoms with van der Waals surface area (Å²) in [6.45, 7) is 1.61. The van der Waals surface area contributed by atoms with E-state index in [4.69, 9.17) is 20.3 Å². The number of methoxy groups -OCH3 is 1. The molecule has 2 aliphatic rings. The zero-order valence-electron chi connectivity index (χ0n) is 14.1. The number of aliphatic carboxylic acids is 2. The van der Waals surface area contributed by atoms with Crippen molar-refractivity contribution in [2.75, 3.05) is 7.11 Å². The second-order valence-corrected chi connectivity index (χ2v) is 6.79. The van der Waals surface area contributed by atoms with Crippen LogP contribution in [0.3, 0.4) is 0 Å². The van der Waals surface area contributed by atoms with Gasteiger partial charge in [-0.15, -0.1) is 0 Å². The van der Waals surface area contributed by atoms with E-state index in [1.807, 2.05) is 0 Å². The van der Waals surface area contributed by atoms with Crippen molar-refractivity contribution >= 4 is 11.9 Å². The lowest BCUT2D eigenvalue weighted by molar-refractivity contribution is -0.158. The third-order valence-electron chi connectivity index (χ3n) is 5.51. The third-order valence-corrected chi connectivity index (χ3v) is 5.51. The van der Waals surface area contributed by atoms with E-state index in [1.165, 1.54) is 25.3 Å². The Morgan fingerprint density at radius 3 is 2.54 bits per heavy atom. The highest BCUT2D eigenvalue weighted by molar-refractivity contribution is 5.90. The van der Waals surface area contributed by atoms with Crippen LogP contribution in [0.1, 0.15) is 25.0 Å². The molecule has 2 aliphatic carbocycles. The number of halogens is 2. The maximum Gasteiger partial charge on any atom is 0.342 e. The fraction of sp³-hybridized carbons (Fsp3) is 0.529. The van der Waals surface area contributed by atoms with Crippen molar-refractivity contribution in [2.24, 2.45) is 17.6 Å². The second kappa shape index (κ2) is 5.88. The number of benzene rings is 1. The van der Waals surface area contributed by atoms with Crippen molar-refractivity contribution in [3.63, 3.8) is 0 Å². The predicted molar refractivity (Wildman–Crippen MR) is 83.9 cm³/mol. The minimum atomic E-state index is -2.64. The lowest BCUT2D eigenvalue weighted by atomic mass is 9.87. The second-order valence-electron chi connectivity index (χ2n) is 6.79. The highest BCUT2D eigenvalue weighted by atomic mass is 19.1. The summed E-state index contributed by atoms with van der Waals surface area (Å²) in [6, 6.07) is 4.04. The van der Waals surface area contributed by atoms with Crippen LogP contribution in [0.25, 0.3) is 0 Å². The molecule has 2 saturated carbocycles. The summed E-state index contributed by atoms with van der Waals surface area (Å²) in [5, 5.41) is 18.6. The Kier molecular flexibility index (Phi) is 4.19. The number of carbonyl (C=O) groups is 2. The summed E-state index contributed by atoms with van der Waals surface area (Å²) in [5.74, 6) is -6.16. The standard InChI is InChI=1S/C17H19F2NO6/c1-7(8-3-4-10(18)11(5-8)25-2)26-12-6-9-13(16(9,19)14(21)22)17(12,20)15(23)24/h3-5,7,9,12-13H,6,20H2,1-2H3,(H,21,22)(H,23,24)/t7?,9-,12-,13+,16-,17+/m1/s1. The quantitative estimate of drug-likeness (QED) is 0.693. The maximum atomic E-state index is 14.5. The molecule has 0 spiro atoms. The molecule has 0 radical (unpaired) electrons. The molecule has 7 nitrogen and oxygen atoms in total. The average Bonchev–Trinajstić information content (AvgIpc) is 3.06. The number of fused-ring (bicyclic) bond motifs is 1. The van der Waals surface area contributed by atoms with Gasteiger partial charge in [-0.2, -0.15) is 0 Å². The highest BCUT2D eigenvalue weighted by Gasteiger charge is 2.85. The van der Waals surface area contributed by atoms with E-state index < -0.39 is 53.0 Å². The van der Waals surface area contributed by atoms with Gasteiger partial charge in [0.15, 0.2) is 11.6 Å². The van der Waals surface area contributed by atoms with Gasteiger partial charge in [0.05, 0.1) is 19.3 Å². The van der Waals surface area contributed by atoms with Crippen LogP contribution < -0.4 is 10.5 Å². The maximum absolute atomic E-state index is 14.5. The number of ether oxygens (including phenoxy) is 2. The third kappa shape index (κ3) is 2.38. The van der Waals surface area contributed by atoms with Crippen molar-refractivity contribution < 1.29 is 38.1 Å². The van der Waals surface area contributed by atoms with Gasteiger partial charge in [-0.1, -0.05) is 6.07 Å². The molecule has 3 rings (SSSR count). The fourth-order valence-electron chi connectivity index (χ4n) is 4.02. The molecule has 0 saturated heterocycles. The molecule has 0 heterocycles. The Morgan fingerprint density at radius 2 is 2.00 bits per heavy atom. The van der Waals surface area contributed by atoms with Crippen molar-refractivity contribution in [2.45, 2.75) is 36.8 Å². The first-order chi connectivity index (χ1) is 12.1. The first kappa shape index (κ1) is 18.5. The van der Waals surface area contributed by atoms with Gasteiger partial charge in [0.25, 0.3) is 0 Å². The van der Waals surface area contributed by atoms with Crippen LogP contribution in [0.5, 0.6) is 5.75 Å². The Morgan fingerprint density at radius 1 is 1.35 bits per heavy atom. The van der Waals surface area contributed by atoms with Gasteiger partial charge >= 0.3 is 11.9 Å². The van der Waals surface area contributed by atoms with Crippen LogP contribution in [0, 0.1) is 17.7 Å². The number of alkyl halides is 1. The largest absolute Gasteiger partial charge is 0.494 e. The zero-order valence-corrected chi connectivity index (χ0v) is 14.1. The normalized spacial score (nSPS) is 36.3. The van der Waals surface area contributed by atoms with Crippen molar-refractivity contribution in [1.82, 2.24) is 0 Å². The number of hydrogen-bond donors (Lipinski definition) is 3. The molecule has 0 bridgehead atoms. The number of hydrogen-bond acceptors (Lipinski definition) is 5. The van der Waals surface area contributed by atoms with E-state index in [1.54, 1.807) is 6.92 Å². The average molecular weight is 371 g/mol. The van der Waals surface area contributed by atoms with E-state index in [9.17, 15) is 23.5 Å². The number of rotatable bonds is 6. The van der Waals surface area contributed by atoms with Gasteiger partial charge in [0.2, 0.25) is 5.67 Å². The van der Waals surface area contributed by atoms with Crippen LogP contribution in [0.15, 0.2) is 18.2 Å². The molecule has 0 aliphatic heterocycles. The summed E-state index contributed by atoms with van der Waals surface area (Å²) in [5.41, 5.74) is 1.65. The van der Waals surface area contributed by atoms with Gasteiger partial charge in [0, 0.05) is 11.8 Å². The van der Waals surface area contributed by atoms with Crippen LogP contribution in [-0.2, 0) is 14.3 Å². The summed E-state index contributed by atoms with van der Waals surface area (Å²) < 4.78 is 38.7. The summed E-state index contributed by atoms with van der Waals surface area (Å²) in [6.07, 6.45) is -1.89. The zero-order chi connectivity index (χ0) is 19.4. The summed E-state index contributed by atoms with van der Waals surface area (Å²) in [4.78, 5) is 22.9. The number of carboxylic acid groups (broad SMARTS) is 2. The molecular formula is C17H19F2NO6. The molecule has 4 N–H and O–H groups in total. The van der Waals surface area contributed by atoms with Gasteiger partial charge in [-0.25, -0.2) is 13.6 Å². The molecule has 2 fully saturated rings. The van der Waals surface area contributed by atoms with Gasteiger partial charge in [0.1, 0.15) is 5.54 Å². The van der Waals surface area contributed by atoms with Crippen molar-refractivity contribution in [1.29, 1.82) is 0 Å². The smallest absolute Gasteiger partial charge is 0.342 e. The van der Waals surface area contributed by atoms with E-state index in [0.29, 0.717) is 5.56 Å². The Labute approximate surface area is 147 Å². The minimum Gasteiger partial charge on any atom is -0.494 e. The molecule has 26 heavy (non-hydrogen) atoms. The minimum absolute atomic E-state index is 0.00174. The van der Waals surface area contributed by atoms with E-state index in [0.717, 1.165) is 0 Å². The lowest BCUT2D eigenvalue weighted by Crippen LogP contribution is -2.60. The molecule has 1 aromatic carbocycles. The van der Waals surface area contributed by atoms with Crippen LogP contribution in [0.4, 0.5) is 8.78 Å². The van der Waals surface area contributed by atoms with Crippen LogP contribution in [-0.4, -0.2) is 46.6 Å². The van der Waals surface area contributed by atoms with Crippen molar-refractivity contribution in [3.05, 3.63) is 29.6 Å². The monoisotopic (exact) mass is 371 g/mol. The molecule has 6 atom stereocenters. The van der Waals surface area contributed by atoms with Crippen LogP contribution in [0.2, 0.25) is 0 Å². The van der Waals surface area contributed by atoms with E-state index >= 15 is 0 Å². The van der Waals surface area contributed by atoms with E-state index in [2.05, 4.69) is 0 Å². The first-order valence-corrected chi connectivity index (χ1v) is 8.01. The molecule has 0 aromatic heterocycles. The molecule has 1 unspecified atom stereocenters. The molecular weight excluding hydrogens is 352 g/mol. The Hall–Kier alpha value is -2.26. The highest BCUT2D eigenvalue weighted by Crippen LogP contribution is 2.67. The van der Waals surface area contributed by atoms with E-state index in [-0.39, 0.29) is 12.2 Å². The Bertz CT molecular complexity index is 774. The lowest BCUT2D eigenvalue weighted by Gasteiger charge is -2.33. The SMILES string of the molecule is COc1cc(C(C)O[C@@H]2C[C@@H]3[C@H]([C@]2(N)C(=O)O)[C@@]3(F)C(=O)O)ccc1F. The van der Waals surface area contributed by atoms with Gasteiger partial charge < -0.3 is 25.4 Å². The Balaban J connectivity index is 1.82. The van der Waals surface area contributed by atoms with Crippen molar-refractivity contribution in [3.8, 4) is 5.75 Å². The number of nitrogens with two attached hydrogens (primary N) is 1. The van der Waals surface area contributed by atoms with Gasteiger partial charge in [-0.05, 0) is 31.0 Å². The first-order valence-electron chi connectivity index (χ1n) is 8.01. The summed E-state index contributed by atoms with van der Waals surface area (Å²) >= 11 is 0. The molecule has 9 heteroatoms.